The normalized spacial score (nSPS) is 28.9. The molecule has 1 heterocycles. The minimum atomic E-state index is -0.861. The molecule has 0 unspecified atom stereocenters. The Morgan fingerprint density at radius 2 is 1.91 bits per heavy atom. The molecule has 1 saturated heterocycles. The first kappa shape index (κ1) is 26.1. The van der Waals surface area contributed by atoms with Gasteiger partial charge in [0.2, 0.25) is 0 Å². The molecule has 9 nitrogen and oxygen atoms in total. The summed E-state index contributed by atoms with van der Waals surface area (Å²) in [5.74, 6) is -2.95. The second kappa shape index (κ2) is 11.6. The van der Waals surface area contributed by atoms with E-state index < -0.39 is 48.1 Å². The molecule has 2 aliphatic rings. The molecule has 0 spiro atoms. The zero-order valence-corrected chi connectivity index (χ0v) is 19.3. The van der Waals surface area contributed by atoms with Crippen molar-refractivity contribution in [2.45, 2.75) is 58.8 Å². The van der Waals surface area contributed by atoms with Crippen molar-refractivity contribution in [2.24, 2.45) is 5.92 Å². The number of rotatable bonds is 6. The van der Waals surface area contributed by atoms with Crippen molar-refractivity contribution >= 4 is 23.9 Å². The average molecular weight is 462 g/mol. The SMILES string of the molecule is C=C1C(=O)O[C@H]2/C=C(/C)[C@H](OC(C)=O)C/C=C(/COC(C)=O)C[C@@H](OC(=O)/C(C)=C/CO)[C@H]12. The smallest absolute Gasteiger partial charge is 0.334 e. The largest absolute Gasteiger partial charge is 0.461 e. The lowest BCUT2D eigenvalue weighted by atomic mass is 9.85. The average Bonchev–Trinajstić information content (AvgIpc) is 3.00. The van der Waals surface area contributed by atoms with E-state index in [0.29, 0.717) is 11.1 Å². The molecule has 0 aromatic carbocycles. The molecule has 1 fully saturated rings. The Bertz CT molecular complexity index is 909. The van der Waals surface area contributed by atoms with Crippen LogP contribution in [0.4, 0.5) is 0 Å². The summed E-state index contributed by atoms with van der Waals surface area (Å²) >= 11 is 0. The van der Waals surface area contributed by atoms with Gasteiger partial charge in [-0.15, -0.1) is 0 Å². The third-order valence-electron chi connectivity index (χ3n) is 5.43. The van der Waals surface area contributed by atoms with Crippen molar-refractivity contribution in [2.75, 3.05) is 13.2 Å². The van der Waals surface area contributed by atoms with Gasteiger partial charge < -0.3 is 24.1 Å². The van der Waals surface area contributed by atoms with Gasteiger partial charge in [0.1, 0.15) is 24.9 Å². The van der Waals surface area contributed by atoms with E-state index in [1.807, 2.05) is 0 Å². The molecule has 0 aromatic rings. The van der Waals surface area contributed by atoms with Crippen LogP contribution in [0.1, 0.15) is 40.5 Å². The van der Waals surface area contributed by atoms with E-state index in [1.165, 1.54) is 26.8 Å². The van der Waals surface area contributed by atoms with Gasteiger partial charge in [-0.25, -0.2) is 9.59 Å². The fourth-order valence-corrected chi connectivity index (χ4v) is 3.69. The Morgan fingerprint density at radius 1 is 1.21 bits per heavy atom. The predicted molar refractivity (Wildman–Crippen MR) is 116 cm³/mol. The minimum absolute atomic E-state index is 0.0664. The van der Waals surface area contributed by atoms with E-state index in [4.69, 9.17) is 24.1 Å². The number of aliphatic hydroxyl groups is 1. The molecule has 0 bridgehead atoms. The predicted octanol–water partition coefficient (Wildman–Crippen LogP) is 2.10. The molecule has 9 heteroatoms. The topological polar surface area (TPSA) is 125 Å². The molecular formula is C24H30O9. The highest BCUT2D eigenvalue weighted by Gasteiger charge is 2.45. The maximum atomic E-state index is 12.6. The molecule has 0 saturated carbocycles. The number of hydrogen-bond donors (Lipinski definition) is 1. The van der Waals surface area contributed by atoms with E-state index in [2.05, 4.69) is 6.58 Å². The third kappa shape index (κ3) is 7.15. The quantitative estimate of drug-likeness (QED) is 0.273. The van der Waals surface area contributed by atoms with Gasteiger partial charge in [0.05, 0.1) is 12.5 Å². The van der Waals surface area contributed by atoms with Crippen molar-refractivity contribution in [1.82, 2.24) is 0 Å². The van der Waals surface area contributed by atoms with Crippen molar-refractivity contribution in [3.8, 4) is 0 Å². The van der Waals surface area contributed by atoms with Crippen LogP contribution in [0.3, 0.4) is 0 Å². The summed E-state index contributed by atoms with van der Waals surface area (Å²) in [5, 5.41) is 9.09. The molecule has 1 N–H and O–H groups in total. The molecule has 2 rings (SSSR count). The highest BCUT2D eigenvalue weighted by atomic mass is 16.6. The standard InChI is InChI=1S/C24H30O9/c1-13(8-9-25)23(28)32-21-11-18(12-30-16(4)26)6-7-19(31-17(5)27)14(2)10-20-22(21)15(3)24(29)33-20/h6,8,10,19-22,25H,3,7,9,11-12H2,1-2,4-5H3/b13-8+,14-10-,18-6+/t19-,20+,21-,22-/m1/s1. The van der Waals surface area contributed by atoms with Crippen molar-refractivity contribution < 1.29 is 43.2 Å². The fourth-order valence-electron chi connectivity index (χ4n) is 3.69. The molecule has 0 aromatic heterocycles. The molecule has 1 aliphatic heterocycles. The van der Waals surface area contributed by atoms with E-state index in [1.54, 1.807) is 19.1 Å². The van der Waals surface area contributed by atoms with E-state index in [-0.39, 0.29) is 37.2 Å². The molecule has 180 valence electrons. The molecular weight excluding hydrogens is 432 g/mol. The summed E-state index contributed by atoms with van der Waals surface area (Å²) in [6, 6.07) is 0. The Morgan fingerprint density at radius 3 is 2.52 bits per heavy atom. The third-order valence-corrected chi connectivity index (χ3v) is 5.43. The summed E-state index contributed by atoms with van der Waals surface area (Å²) in [7, 11) is 0. The van der Waals surface area contributed by atoms with E-state index >= 15 is 0 Å². The summed E-state index contributed by atoms with van der Waals surface area (Å²) in [4.78, 5) is 48.0. The van der Waals surface area contributed by atoms with Gasteiger partial charge in [-0.3, -0.25) is 9.59 Å². The van der Waals surface area contributed by atoms with E-state index in [9.17, 15) is 19.2 Å². The van der Waals surface area contributed by atoms with Crippen LogP contribution < -0.4 is 0 Å². The number of aliphatic hydroxyl groups excluding tert-OH is 1. The lowest BCUT2D eigenvalue weighted by Gasteiger charge is -2.29. The van der Waals surface area contributed by atoms with Gasteiger partial charge >= 0.3 is 23.9 Å². The van der Waals surface area contributed by atoms with Crippen LogP contribution in [0.5, 0.6) is 0 Å². The van der Waals surface area contributed by atoms with Crippen LogP contribution in [-0.2, 0) is 38.1 Å². The van der Waals surface area contributed by atoms with Crippen LogP contribution in [0.25, 0.3) is 0 Å². The molecule has 0 radical (unpaired) electrons. The van der Waals surface area contributed by atoms with Crippen LogP contribution >= 0.6 is 0 Å². The van der Waals surface area contributed by atoms with Gasteiger partial charge in [-0.05, 0) is 37.1 Å². The number of carbonyl (C=O) groups is 4. The monoisotopic (exact) mass is 462 g/mol. The number of ether oxygens (including phenoxy) is 4. The lowest BCUT2D eigenvalue weighted by Crippen LogP contribution is -2.35. The lowest BCUT2D eigenvalue weighted by molar-refractivity contribution is -0.148. The fraction of sp³-hybridized carbons (Fsp3) is 0.500. The Labute approximate surface area is 192 Å². The van der Waals surface area contributed by atoms with Gasteiger partial charge in [-0.1, -0.05) is 12.7 Å². The first-order valence-electron chi connectivity index (χ1n) is 10.6. The first-order chi connectivity index (χ1) is 15.5. The van der Waals surface area contributed by atoms with Gasteiger partial charge in [0, 0.05) is 37.8 Å². The van der Waals surface area contributed by atoms with Gasteiger partial charge in [0.15, 0.2) is 0 Å². The van der Waals surface area contributed by atoms with Crippen molar-refractivity contribution in [3.63, 3.8) is 0 Å². The van der Waals surface area contributed by atoms with Crippen molar-refractivity contribution in [1.29, 1.82) is 0 Å². The molecule has 1 aliphatic carbocycles. The number of hydrogen-bond acceptors (Lipinski definition) is 9. The molecule has 0 amide bonds. The summed E-state index contributed by atoms with van der Waals surface area (Å²) in [6.45, 7) is 9.26. The maximum absolute atomic E-state index is 12.6. The highest BCUT2D eigenvalue weighted by Crippen LogP contribution is 2.37. The summed E-state index contributed by atoms with van der Waals surface area (Å²) < 4.78 is 21.8. The number of esters is 4. The Kier molecular flexibility index (Phi) is 9.16. The maximum Gasteiger partial charge on any atom is 0.334 e. The second-order valence-electron chi connectivity index (χ2n) is 8.03. The highest BCUT2D eigenvalue weighted by molar-refractivity contribution is 5.92. The first-order valence-corrected chi connectivity index (χ1v) is 10.6. The molecule has 4 atom stereocenters. The Balaban J connectivity index is 2.50. The van der Waals surface area contributed by atoms with Crippen LogP contribution in [0.2, 0.25) is 0 Å². The zero-order chi connectivity index (χ0) is 24.7. The van der Waals surface area contributed by atoms with Crippen LogP contribution in [0, 0.1) is 5.92 Å². The van der Waals surface area contributed by atoms with Gasteiger partial charge in [-0.2, -0.15) is 0 Å². The summed E-state index contributed by atoms with van der Waals surface area (Å²) in [6.07, 6.45) is 2.90. The van der Waals surface area contributed by atoms with Crippen molar-refractivity contribution in [3.05, 3.63) is 47.1 Å². The Hall–Kier alpha value is -3.20. The number of fused-ring (bicyclic) bond motifs is 1. The van der Waals surface area contributed by atoms with Crippen LogP contribution in [0.15, 0.2) is 47.1 Å². The van der Waals surface area contributed by atoms with Crippen LogP contribution in [-0.4, -0.2) is 60.5 Å². The molecule has 33 heavy (non-hydrogen) atoms. The minimum Gasteiger partial charge on any atom is -0.461 e. The number of carbonyl (C=O) groups excluding carboxylic acids is 4. The zero-order valence-electron chi connectivity index (χ0n) is 19.3. The van der Waals surface area contributed by atoms with Gasteiger partial charge in [0.25, 0.3) is 0 Å². The summed E-state index contributed by atoms with van der Waals surface area (Å²) in [5.41, 5.74) is 1.61. The van der Waals surface area contributed by atoms with E-state index in [0.717, 1.165) is 0 Å². The second-order valence-corrected chi connectivity index (χ2v) is 8.03.